The molecule has 0 aliphatic heterocycles. The van der Waals surface area contributed by atoms with E-state index in [0.29, 0.717) is 18.7 Å². The number of rotatable bonds is 6. The van der Waals surface area contributed by atoms with Crippen LogP contribution in [-0.4, -0.2) is 12.5 Å². The van der Waals surface area contributed by atoms with Gasteiger partial charge in [0.1, 0.15) is 5.75 Å². The number of alkyl halides is 1. The van der Waals surface area contributed by atoms with Gasteiger partial charge in [-0.15, -0.1) is 0 Å². The Morgan fingerprint density at radius 3 is 2.57 bits per heavy atom. The standard InChI is InChI=1S/C17H18BrNO2/c1-2-21-16-5-3-4-14(10-16)12-19-17(20)15-8-6-13(11-18)7-9-15/h3-10H,2,11-12H2,1H3,(H,19,20). The van der Waals surface area contributed by atoms with Crippen molar-refractivity contribution in [3.63, 3.8) is 0 Å². The summed E-state index contributed by atoms with van der Waals surface area (Å²) in [7, 11) is 0. The molecule has 0 fully saturated rings. The molecule has 0 aliphatic rings. The van der Waals surface area contributed by atoms with E-state index in [2.05, 4.69) is 21.2 Å². The minimum atomic E-state index is -0.0714. The van der Waals surface area contributed by atoms with Crippen molar-refractivity contribution in [1.29, 1.82) is 0 Å². The molecule has 0 spiro atoms. The lowest BCUT2D eigenvalue weighted by Crippen LogP contribution is -2.22. The third-order valence-corrected chi connectivity index (χ3v) is 3.68. The van der Waals surface area contributed by atoms with Crippen molar-refractivity contribution in [1.82, 2.24) is 5.32 Å². The van der Waals surface area contributed by atoms with Gasteiger partial charge < -0.3 is 10.1 Å². The molecule has 0 saturated carbocycles. The predicted octanol–water partition coefficient (Wildman–Crippen LogP) is 3.91. The number of nitrogens with one attached hydrogen (secondary N) is 1. The van der Waals surface area contributed by atoms with Crippen molar-refractivity contribution in [3.8, 4) is 5.75 Å². The van der Waals surface area contributed by atoms with Gasteiger partial charge in [-0.25, -0.2) is 0 Å². The Hall–Kier alpha value is -1.81. The lowest BCUT2D eigenvalue weighted by Gasteiger charge is -2.08. The Labute approximate surface area is 133 Å². The van der Waals surface area contributed by atoms with Crippen LogP contribution >= 0.6 is 15.9 Å². The first-order valence-electron chi connectivity index (χ1n) is 6.87. The summed E-state index contributed by atoms with van der Waals surface area (Å²) in [5, 5.41) is 3.71. The zero-order valence-corrected chi connectivity index (χ0v) is 13.5. The number of amides is 1. The van der Waals surface area contributed by atoms with Crippen molar-refractivity contribution in [2.75, 3.05) is 6.61 Å². The highest BCUT2D eigenvalue weighted by atomic mass is 79.9. The van der Waals surface area contributed by atoms with Gasteiger partial charge in [-0.05, 0) is 42.3 Å². The summed E-state index contributed by atoms with van der Waals surface area (Å²) in [5.74, 6) is 0.754. The van der Waals surface area contributed by atoms with E-state index >= 15 is 0 Å². The Bertz CT molecular complexity index is 596. The minimum Gasteiger partial charge on any atom is -0.494 e. The van der Waals surface area contributed by atoms with Crippen LogP contribution in [0.5, 0.6) is 5.75 Å². The molecule has 2 aromatic carbocycles. The van der Waals surface area contributed by atoms with Crippen LogP contribution in [0, 0.1) is 0 Å². The van der Waals surface area contributed by atoms with Crippen LogP contribution in [0.4, 0.5) is 0 Å². The second-order valence-corrected chi connectivity index (χ2v) is 5.15. The van der Waals surface area contributed by atoms with Gasteiger partial charge in [-0.1, -0.05) is 40.2 Å². The van der Waals surface area contributed by atoms with Crippen molar-refractivity contribution in [2.24, 2.45) is 0 Å². The number of carbonyl (C=O) groups is 1. The highest BCUT2D eigenvalue weighted by molar-refractivity contribution is 9.08. The molecular formula is C17H18BrNO2. The van der Waals surface area contributed by atoms with E-state index in [-0.39, 0.29) is 5.91 Å². The van der Waals surface area contributed by atoms with Crippen molar-refractivity contribution in [2.45, 2.75) is 18.8 Å². The molecule has 0 atom stereocenters. The van der Waals surface area contributed by atoms with Crippen LogP contribution in [0.2, 0.25) is 0 Å². The summed E-state index contributed by atoms with van der Waals surface area (Å²) in [6, 6.07) is 15.3. The van der Waals surface area contributed by atoms with Gasteiger partial charge in [0.05, 0.1) is 6.61 Å². The number of ether oxygens (including phenoxy) is 1. The summed E-state index contributed by atoms with van der Waals surface area (Å²) in [5.41, 5.74) is 2.84. The van der Waals surface area contributed by atoms with Crippen LogP contribution in [0.25, 0.3) is 0 Å². The minimum absolute atomic E-state index is 0.0714. The van der Waals surface area contributed by atoms with Crippen molar-refractivity contribution < 1.29 is 9.53 Å². The Morgan fingerprint density at radius 2 is 1.90 bits per heavy atom. The average Bonchev–Trinajstić information content (AvgIpc) is 2.53. The number of hydrogen-bond donors (Lipinski definition) is 1. The fourth-order valence-electron chi connectivity index (χ4n) is 1.94. The summed E-state index contributed by atoms with van der Waals surface area (Å²) in [6.07, 6.45) is 0. The predicted molar refractivity (Wildman–Crippen MR) is 87.9 cm³/mol. The number of hydrogen-bond acceptors (Lipinski definition) is 2. The largest absolute Gasteiger partial charge is 0.494 e. The monoisotopic (exact) mass is 347 g/mol. The third-order valence-electron chi connectivity index (χ3n) is 3.03. The van der Waals surface area contributed by atoms with E-state index in [9.17, 15) is 4.79 Å². The molecular weight excluding hydrogens is 330 g/mol. The number of carbonyl (C=O) groups excluding carboxylic acids is 1. The molecule has 2 aromatic rings. The fourth-order valence-corrected chi connectivity index (χ4v) is 2.32. The Kier molecular flexibility index (Phi) is 5.81. The summed E-state index contributed by atoms with van der Waals surface area (Å²) in [6.45, 7) is 3.07. The van der Waals surface area contributed by atoms with Crippen LogP contribution < -0.4 is 10.1 Å². The molecule has 4 heteroatoms. The van der Waals surface area contributed by atoms with Gasteiger partial charge in [0.25, 0.3) is 5.91 Å². The number of benzene rings is 2. The topological polar surface area (TPSA) is 38.3 Å². The summed E-state index contributed by atoms with van der Waals surface area (Å²) >= 11 is 3.39. The highest BCUT2D eigenvalue weighted by Crippen LogP contribution is 2.13. The molecule has 21 heavy (non-hydrogen) atoms. The first kappa shape index (κ1) is 15.6. The first-order valence-corrected chi connectivity index (χ1v) is 8.00. The molecule has 110 valence electrons. The van der Waals surface area contributed by atoms with E-state index in [1.54, 1.807) is 0 Å². The lowest BCUT2D eigenvalue weighted by molar-refractivity contribution is 0.0951. The van der Waals surface area contributed by atoms with Crippen LogP contribution in [0.3, 0.4) is 0 Å². The molecule has 1 amide bonds. The molecule has 3 nitrogen and oxygen atoms in total. The molecule has 0 aliphatic carbocycles. The van der Waals surface area contributed by atoms with Gasteiger partial charge in [0, 0.05) is 17.4 Å². The second kappa shape index (κ2) is 7.84. The molecule has 0 unspecified atom stereocenters. The van der Waals surface area contributed by atoms with E-state index in [0.717, 1.165) is 22.2 Å². The zero-order valence-electron chi connectivity index (χ0n) is 11.9. The van der Waals surface area contributed by atoms with E-state index in [1.807, 2.05) is 55.5 Å². The summed E-state index contributed by atoms with van der Waals surface area (Å²) in [4.78, 5) is 12.1. The average molecular weight is 348 g/mol. The quantitative estimate of drug-likeness (QED) is 0.804. The van der Waals surface area contributed by atoms with Gasteiger partial charge in [0.2, 0.25) is 0 Å². The maximum absolute atomic E-state index is 12.1. The maximum Gasteiger partial charge on any atom is 0.251 e. The zero-order chi connectivity index (χ0) is 15.1. The summed E-state index contributed by atoms with van der Waals surface area (Å²) < 4.78 is 5.45. The Morgan fingerprint density at radius 1 is 1.14 bits per heavy atom. The van der Waals surface area contributed by atoms with Gasteiger partial charge in [0.15, 0.2) is 0 Å². The van der Waals surface area contributed by atoms with Crippen LogP contribution in [0.1, 0.15) is 28.4 Å². The highest BCUT2D eigenvalue weighted by Gasteiger charge is 2.05. The van der Waals surface area contributed by atoms with E-state index < -0.39 is 0 Å². The first-order chi connectivity index (χ1) is 10.2. The van der Waals surface area contributed by atoms with Crippen molar-refractivity contribution >= 4 is 21.8 Å². The fraction of sp³-hybridized carbons (Fsp3) is 0.235. The van der Waals surface area contributed by atoms with Crippen molar-refractivity contribution in [3.05, 3.63) is 65.2 Å². The SMILES string of the molecule is CCOc1cccc(CNC(=O)c2ccc(CBr)cc2)c1. The maximum atomic E-state index is 12.1. The van der Waals surface area contributed by atoms with E-state index in [4.69, 9.17) is 4.74 Å². The normalized spacial score (nSPS) is 10.2. The lowest BCUT2D eigenvalue weighted by atomic mass is 10.1. The molecule has 0 saturated heterocycles. The second-order valence-electron chi connectivity index (χ2n) is 4.59. The molecule has 0 heterocycles. The van der Waals surface area contributed by atoms with Gasteiger partial charge >= 0.3 is 0 Å². The van der Waals surface area contributed by atoms with Crippen LogP contribution in [-0.2, 0) is 11.9 Å². The molecule has 0 radical (unpaired) electrons. The number of halogens is 1. The van der Waals surface area contributed by atoms with E-state index in [1.165, 1.54) is 0 Å². The Balaban J connectivity index is 1.95. The molecule has 0 aromatic heterocycles. The van der Waals surface area contributed by atoms with Gasteiger partial charge in [-0.3, -0.25) is 4.79 Å². The molecule has 0 bridgehead atoms. The molecule has 2 rings (SSSR count). The smallest absolute Gasteiger partial charge is 0.251 e. The van der Waals surface area contributed by atoms with Gasteiger partial charge in [-0.2, -0.15) is 0 Å². The third kappa shape index (κ3) is 4.60. The molecule has 1 N–H and O–H groups in total. The van der Waals surface area contributed by atoms with Crippen LogP contribution in [0.15, 0.2) is 48.5 Å².